The molecule has 110 valence electrons. The molecule has 1 aromatic carbocycles. The van der Waals surface area contributed by atoms with Crippen LogP contribution in [0.25, 0.3) is 6.08 Å². The van der Waals surface area contributed by atoms with Crippen molar-refractivity contribution >= 4 is 12.0 Å². The third-order valence-electron chi connectivity index (χ3n) is 3.00. The molecule has 1 amide bonds. The van der Waals surface area contributed by atoms with Crippen LogP contribution < -0.4 is 10.1 Å². The first kappa shape index (κ1) is 16.2. The smallest absolute Gasteiger partial charge is 0.244 e. The number of ether oxygens (including phenoxy) is 1. The Hall–Kier alpha value is -1.81. The van der Waals surface area contributed by atoms with E-state index in [0.29, 0.717) is 6.42 Å². The van der Waals surface area contributed by atoms with Crippen molar-refractivity contribution in [3.63, 3.8) is 0 Å². The molecule has 0 bridgehead atoms. The van der Waals surface area contributed by atoms with Crippen LogP contribution in [0.3, 0.4) is 0 Å². The lowest BCUT2D eigenvalue weighted by Gasteiger charge is -2.24. The SMILES string of the molecule is COc1ccc(C)cc1/C=C/C(=O)NC(C)(C)CCO. The van der Waals surface area contributed by atoms with Crippen molar-refractivity contribution in [1.29, 1.82) is 0 Å². The molecule has 1 aromatic rings. The van der Waals surface area contributed by atoms with Crippen LogP contribution in [0.4, 0.5) is 0 Å². The molecular weight excluding hydrogens is 254 g/mol. The van der Waals surface area contributed by atoms with E-state index in [4.69, 9.17) is 9.84 Å². The summed E-state index contributed by atoms with van der Waals surface area (Å²) in [7, 11) is 1.60. The van der Waals surface area contributed by atoms with Crippen LogP contribution in [0.5, 0.6) is 5.75 Å². The Morgan fingerprint density at radius 3 is 2.75 bits per heavy atom. The molecule has 1 rings (SSSR count). The van der Waals surface area contributed by atoms with E-state index in [-0.39, 0.29) is 12.5 Å². The molecule has 4 nitrogen and oxygen atoms in total. The average molecular weight is 277 g/mol. The maximum Gasteiger partial charge on any atom is 0.244 e. The van der Waals surface area contributed by atoms with Crippen LogP contribution >= 0.6 is 0 Å². The van der Waals surface area contributed by atoms with E-state index in [2.05, 4.69) is 5.32 Å². The fraction of sp³-hybridized carbons (Fsp3) is 0.438. The van der Waals surface area contributed by atoms with Gasteiger partial charge < -0.3 is 15.2 Å². The lowest BCUT2D eigenvalue weighted by Crippen LogP contribution is -2.43. The summed E-state index contributed by atoms with van der Waals surface area (Å²) < 4.78 is 5.26. The number of methoxy groups -OCH3 is 1. The third kappa shape index (κ3) is 5.05. The highest BCUT2D eigenvalue weighted by Gasteiger charge is 2.18. The topological polar surface area (TPSA) is 58.6 Å². The summed E-state index contributed by atoms with van der Waals surface area (Å²) in [6.07, 6.45) is 3.73. The summed E-state index contributed by atoms with van der Waals surface area (Å²) in [6, 6.07) is 5.80. The molecule has 0 aliphatic rings. The number of aliphatic hydroxyl groups is 1. The minimum atomic E-state index is -0.424. The lowest BCUT2D eigenvalue weighted by atomic mass is 10.0. The zero-order valence-electron chi connectivity index (χ0n) is 12.6. The minimum absolute atomic E-state index is 0.0443. The lowest BCUT2D eigenvalue weighted by molar-refractivity contribution is -0.118. The van der Waals surface area contributed by atoms with Gasteiger partial charge in [0.2, 0.25) is 5.91 Å². The van der Waals surface area contributed by atoms with Gasteiger partial charge in [0.1, 0.15) is 5.75 Å². The molecule has 0 aliphatic carbocycles. The van der Waals surface area contributed by atoms with E-state index in [1.807, 2.05) is 39.0 Å². The standard InChI is InChI=1S/C16H23NO3/c1-12-5-7-14(20-4)13(11-12)6-8-15(19)17-16(2,3)9-10-18/h5-8,11,18H,9-10H2,1-4H3,(H,17,19)/b8-6+. The van der Waals surface area contributed by atoms with Gasteiger partial charge in [-0.15, -0.1) is 0 Å². The number of aliphatic hydroxyl groups excluding tert-OH is 1. The molecule has 0 heterocycles. The normalized spacial score (nSPS) is 11.7. The number of aryl methyl sites for hydroxylation is 1. The van der Waals surface area contributed by atoms with Gasteiger partial charge in [-0.05, 0) is 45.4 Å². The van der Waals surface area contributed by atoms with Crippen molar-refractivity contribution in [3.8, 4) is 5.75 Å². The van der Waals surface area contributed by atoms with Crippen LogP contribution in [0, 0.1) is 6.92 Å². The van der Waals surface area contributed by atoms with E-state index in [1.54, 1.807) is 13.2 Å². The monoisotopic (exact) mass is 277 g/mol. The Morgan fingerprint density at radius 2 is 2.15 bits per heavy atom. The predicted molar refractivity (Wildman–Crippen MR) is 80.7 cm³/mol. The highest BCUT2D eigenvalue weighted by atomic mass is 16.5. The van der Waals surface area contributed by atoms with E-state index in [0.717, 1.165) is 16.9 Å². The second-order valence-electron chi connectivity index (χ2n) is 5.43. The van der Waals surface area contributed by atoms with Crippen molar-refractivity contribution in [1.82, 2.24) is 5.32 Å². The maximum absolute atomic E-state index is 11.9. The fourth-order valence-corrected chi connectivity index (χ4v) is 1.87. The zero-order valence-corrected chi connectivity index (χ0v) is 12.6. The summed E-state index contributed by atoms with van der Waals surface area (Å²) in [6.45, 7) is 5.79. The van der Waals surface area contributed by atoms with Crippen LogP contribution in [-0.4, -0.2) is 30.3 Å². The zero-order chi connectivity index (χ0) is 15.2. The number of carbonyl (C=O) groups excluding carboxylic acids is 1. The van der Waals surface area contributed by atoms with Crippen molar-refractivity contribution < 1.29 is 14.6 Å². The summed E-state index contributed by atoms with van der Waals surface area (Å²) >= 11 is 0. The van der Waals surface area contributed by atoms with Crippen LogP contribution in [0.15, 0.2) is 24.3 Å². The van der Waals surface area contributed by atoms with Gasteiger partial charge >= 0.3 is 0 Å². The van der Waals surface area contributed by atoms with Crippen LogP contribution in [-0.2, 0) is 4.79 Å². The highest BCUT2D eigenvalue weighted by molar-refractivity contribution is 5.92. The van der Waals surface area contributed by atoms with Gasteiger partial charge in [-0.1, -0.05) is 11.6 Å². The molecule has 2 N–H and O–H groups in total. The summed E-state index contributed by atoms with van der Waals surface area (Å²) in [5.74, 6) is 0.543. The Morgan fingerprint density at radius 1 is 1.45 bits per heavy atom. The summed E-state index contributed by atoms with van der Waals surface area (Å²) in [4.78, 5) is 11.9. The minimum Gasteiger partial charge on any atom is -0.496 e. The molecule has 0 aromatic heterocycles. The molecule has 0 fully saturated rings. The van der Waals surface area contributed by atoms with Gasteiger partial charge in [-0.2, -0.15) is 0 Å². The van der Waals surface area contributed by atoms with Gasteiger partial charge in [0.15, 0.2) is 0 Å². The number of benzene rings is 1. The second kappa shape index (κ2) is 7.10. The first-order valence-electron chi connectivity index (χ1n) is 6.63. The number of hydrogen-bond acceptors (Lipinski definition) is 3. The van der Waals surface area contributed by atoms with Gasteiger partial charge in [-0.3, -0.25) is 4.79 Å². The van der Waals surface area contributed by atoms with Crippen molar-refractivity contribution in [2.75, 3.05) is 13.7 Å². The Kier molecular flexibility index (Phi) is 5.77. The number of carbonyl (C=O) groups is 1. The first-order chi connectivity index (χ1) is 9.38. The van der Waals surface area contributed by atoms with Crippen molar-refractivity contribution in [2.24, 2.45) is 0 Å². The predicted octanol–water partition coefficient (Wildman–Crippen LogP) is 2.29. The molecule has 0 unspecified atom stereocenters. The van der Waals surface area contributed by atoms with Gasteiger partial charge in [0.25, 0.3) is 0 Å². The quantitative estimate of drug-likeness (QED) is 0.784. The van der Waals surface area contributed by atoms with Gasteiger partial charge in [0.05, 0.1) is 7.11 Å². The summed E-state index contributed by atoms with van der Waals surface area (Å²) in [5, 5.41) is 11.8. The maximum atomic E-state index is 11.9. The average Bonchev–Trinajstić information content (AvgIpc) is 2.35. The molecule has 0 radical (unpaired) electrons. The van der Waals surface area contributed by atoms with E-state index in [9.17, 15) is 4.79 Å². The number of hydrogen-bond donors (Lipinski definition) is 2. The first-order valence-corrected chi connectivity index (χ1v) is 6.63. The molecular formula is C16H23NO3. The number of rotatable bonds is 6. The molecule has 0 aliphatic heterocycles. The molecule has 4 heteroatoms. The number of nitrogens with one attached hydrogen (secondary N) is 1. The molecule has 0 saturated heterocycles. The molecule has 0 saturated carbocycles. The van der Waals surface area contributed by atoms with Crippen molar-refractivity contribution in [2.45, 2.75) is 32.7 Å². The Balaban J connectivity index is 2.77. The fourth-order valence-electron chi connectivity index (χ4n) is 1.87. The van der Waals surface area contributed by atoms with E-state index < -0.39 is 5.54 Å². The second-order valence-corrected chi connectivity index (χ2v) is 5.43. The molecule has 20 heavy (non-hydrogen) atoms. The van der Waals surface area contributed by atoms with Gasteiger partial charge in [0, 0.05) is 23.8 Å². The third-order valence-corrected chi connectivity index (χ3v) is 3.00. The van der Waals surface area contributed by atoms with Crippen molar-refractivity contribution in [3.05, 3.63) is 35.4 Å². The van der Waals surface area contributed by atoms with Gasteiger partial charge in [-0.25, -0.2) is 0 Å². The van der Waals surface area contributed by atoms with Crippen LogP contribution in [0.2, 0.25) is 0 Å². The molecule has 0 atom stereocenters. The van der Waals surface area contributed by atoms with E-state index >= 15 is 0 Å². The number of amides is 1. The largest absolute Gasteiger partial charge is 0.496 e. The Labute approximate surface area is 120 Å². The Bertz CT molecular complexity index is 492. The highest BCUT2D eigenvalue weighted by Crippen LogP contribution is 2.21. The molecule has 0 spiro atoms. The van der Waals surface area contributed by atoms with E-state index in [1.165, 1.54) is 6.08 Å². The van der Waals surface area contributed by atoms with Crippen LogP contribution in [0.1, 0.15) is 31.4 Å². The summed E-state index contributed by atoms with van der Waals surface area (Å²) in [5.41, 5.74) is 1.54.